The summed E-state index contributed by atoms with van der Waals surface area (Å²) in [5.41, 5.74) is 3.57. The molecule has 0 amide bonds. The van der Waals surface area contributed by atoms with Gasteiger partial charge in [0.05, 0.1) is 0 Å². The van der Waals surface area contributed by atoms with E-state index in [-0.39, 0.29) is 5.75 Å². The van der Waals surface area contributed by atoms with Crippen LogP contribution in [0.3, 0.4) is 0 Å². The third-order valence-corrected chi connectivity index (χ3v) is 6.25. The molecule has 0 bridgehead atoms. The van der Waals surface area contributed by atoms with E-state index in [4.69, 9.17) is 0 Å². The maximum Gasteiger partial charge on any atom is 0.387 e. The topological polar surface area (TPSA) is 9.23 Å². The van der Waals surface area contributed by atoms with E-state index in [2.05, 4.69) is 35.9 Å². The van der Waals surface area contributed by atoms with Gasteiger partial charge in [-0.05, 0) is 78.2 Å². The standard InChI is InChI=1S/C22H24F2O/c1-14-20-12-8-18(9-13-21(14)20)16-4-2-15(3-5-16)17-6-10-19(11-7-17)25-22(23)24/h2-7,10-11,14,18,20-22H,8-9,12-13H2,1H3/t14?,18?,20-,21?/m0/s1. The highest BCUT2D eigenvalue weighted by Gasteiger charge is 2.47. The van der Waals surface area contributed by atoms with Crippen LogP contribution >= 0.6 is 0 Å². The van der Waals surface area contributed by atoms with Crippen LogP contribution in [0.4, 0.5) is 8.78 Å². The van der Waals surface area contributed by atoms with Crippen LogP contribution in [0.25, 0.3) is 11.1 Å². The molecule has 2 fully saturated rings. The minimum Gasteiger partial charge on any atom is -0.435 e. The molecule has 0 saturated heterocycles. The predicted molar refractivity (Wildman–Crippen MR) is 95.9 cm³/mol. The molecule has 4 rings (SSSR count). The Hall–Kier alpha value is -1.90. The van der Waals surface area contributed by atoms with Crippen LogP contribution in [0.5, 0.6) is 5.75 Å². The number of alkyl halides is 2. The lowest BCUT2D eigenvalue weighted by Gasteiger charge is -2.16. The van der Waals surface area contributed by atoms with Crippen LogP contribution in [0.2, 0.25) is 0 Å². The van der Waals surface area contributed by atoms with Gasteiger partial charge in [-0.1, -0.05) is 43.3 Å². The molecule has 2 aliphatic carbocycles. The van der Waals surface area contributed by atoms with Crippen LogP contribution in [0, 0.1) is 17.8 Å². The Bertz CT molecular complexity index is 694. The first-order valence-corrected chi connectivity index (χ1v) is 9.27. The maximum atomic E-state index is 12.2. The average Bonchev–Trinajstić information content (AvgIpc) is 3.30. The molecule has 0 radical (unpaired) electrons. The van der Waals surface area contributed by atoms with Gasteiger partial charge in [-0.2, -0.15) is 8.78 Å². The van der Waals surface area contributed by atoms with Gasteiger partial charge in [-0.3, -0.25) is 0 Å². The smallest absolute Gasteiger partial charge is 0.387 e. The van der Waals surface area contributed by atoms with Crippen LogP contribution in [0.1, 0.15) is 44.1 Å². The molecule has 2 aliphatic rings. The highest BCUT2D eigenvalue weighted by atomic mass is 19.3. The van der Waals surface area contributed by atoms with Crippen molar-refractivity contribution in [3.8, 4) is 16.9 Å². The highest BCUT2D eigenvalue weighted by molar-refractivity contribution is 5.64. The van der Waals surface area contributed by atoms with Crippen molar-refractivity contribution >= 4 is 0 Å². The second-order valence-corrected chi connectivity index (χ2v) is 7.56. The Labute approximate surface area is 148 Å². The van der Waals surface area contributed by atoms with Gasteiger partial charge in [-0.25, -0.2) is 0 Å². The van der Waals surface area contributed by atoms with Gasteiger partial charge in [0.1, 0.15) is 5.75 Å². The zero-order chi connectivity index (χ0) is 17.4. The molecule has 1 nitrogen and oxygen atoms in total. The van der Waals surface area contributed by atoms with E-state index < -0.39 is 6.61 Å². The Morgan fingerprint density at radius 1 is 0.800 bits per heavy atom. The Morgan fingerprint density at radius 2 is 1.32 bits per heavy atom. The molecule has 2 aromatic rings. The third kappa shape index (κ3) is 3.56. The first kappa shape index (κ1) is 16.6. The second kappa shape index (κ2) is 6.78. The van der Waals surface area contributed by atoms with Crippen LogP contribution in [-0.2, 0) is 0 Å². The first-order chi connectivity index (χ1) is 12.1. The quantitative estimate of drug-likeness (QED) is 0.616. The average molecular weight is 342 g/mol. The minimum absolute atomic E-state index is 0.196. The van der Waals surface area contributed by atoms with E-state index in [1.54, 1.807) is 12.1 Å². The molecule has 3 unspecified atom stereocenters. The van der Waals surface area contributed by atoms with E-state index in [1.807, 2.05) is 12.1 Å². The SMILES string of the molecule is CC1C2CCC(c3ccc(-c4ccc(OC(F)F)cc4)cc3)CC[C@@H]12. The number of hydrogen-bond acceptors (Lipinski definition) is 1. The molecule has 0 spiro atoms. The number of benzene rings is 2. The number of fused-ring (bicyclic) bond motifs is 1. The van der Waals surface area contributed by atoms with Crippen LogP contribution in [0.15, 0.2) is 48.5 Å². The van der Waals surface area contributed by atoms with Crippen molar-refractivity contribution in [3.05, 3.63) is 54.1 Å². The molecule has 0 N–H and O–H groups in total. The molecule has 2 saturated carbocycles. The Morgan fingerprint density at radius 3 is 1.84 bits per heavy atom. The third-order valence-electron chi connectivity index (χ3n) is 6.25. The molecular weight excluding hydrogens is 318 g/mol. The van der Waals surface area contributed by atoms with Crippen molar-refractivity contribution in [3.63, 3.8) is 0 Å². The van der Waals surface area contributed by atoms with Gasteiger partial charge in [0, 0.05) is 0 Å². The summed E-state index contributed by atoms with van der Waals surface area (Å²) in [5.74, 6) is 3.81. The normalized spacial score (nSPS) is 28.3. The van der Waals surface area contributed by atoms with Gasteiger partial charge >= 0.3 is 6.61 Å². The molecule has 0 aliphatic heterocycles. The summed E-state index contributed by atoms with van der Waals surface area (Å²) < 4.78 is 28.8. The molecule has 25 heavy (non-hydrogen) atoms. The summed E-state index contributed by atoms with van der Waals surface area (Å²) in [6.07, 6.45) is 5.38. The van der Waals surface area contributed by atoms with Crippen LogP contribution < -0.4 is 4.74 Å². The molecule has 4 atom stereocenters. The van der Waals surface area contributed by atoms with Crippen molar-refractivity contribution in [2.24, 2.45) is 17.8 Å². The van der Waals surface area contributed by atoms with E-state index in [1.165, 1.54) is 31.2 Å². The number of halogens is 2. The van der Waals surface area contributed by atoms with E-state index in [0.29, 0.717) is 5.92 Å². The monoisotopic (exact) mass is 342 g/mol. The predicted octanol–water partition coefficient (Wildman–Crippen LogP) is 6.49. The van der Waals surface area contributed by atoms with E-state index in [9.17, 15) is 8.78 Å². The first-order valence-electron chi connectivity index (χ1n) is 9.27. The van der Waals surface area contributed by atoms with Crippen molar-refractivity contribution in [2.75, 3.05) is 0 Å². The lowest BCUT2D eigenvalue weighted by Crippen LogP contribution is -2.01. The lowest BCUT2D eigenvalue weighted by atomic mass is 9.89. The van der Waals surface area contributed by atoms with Gasteiger partial charge < -0.3 is 4.74 Å². The Kier molecular flexibility index (Phi) is 4.49. The fraction of sp³-hybridized carbons (Fsp3) is 0.455. The van der Waals surface area contributed by atoms with Crippen molar-refractivity contribution < 1.29 is 13.5 Å². The molecular formula is C22H24F2O. The summed E-state index contributed by atoms with van der Waals surface area (Å²) in [5, 5.41) is 0. The summed E-state index contributed by atoms with van der Waals surface area (Å²) in [4.78, 5) is 0. The van der Waals surface area contributed by atoms with Crippen LogP contribution in [-0.4, -0.2) is 6.61 Å². The molecule has 3 heteroatoms. The molecule has 0 heterocycles. The minimum atomic E-state index is -2.78. The van der Waals surface area contributed by atoms with E-state index in [0.717, 1.165) is 28.9 Å². The zero-order valence-corrected chi connectivity index (χ0v) is 14.5. The number of rotatable bonds is 4. The van der Waals surface area contributed by atoms with Gasteiger partial charge in [0.25, 0.3) is 0 Å². The van der Waals surface area contributed by atoms with Gasteiger partial charge in [0.15, 0.2) is 0 Å². The Balaban J connectivity index is 1.43. The van der Waals surface area contributed by atoms with E-state index >= 15 is 0 Å². The summed E-state index contributed by atoms with van der Waals surface area (Å²) in [6.45, 7) is -0.374. The molecule has 132 valence electrons. The highest BCUT2D eigenvalue weighted by Crippen LogP contribution is 2.55. The second-order valence-electron chi connectivity index (χ2n) is 7.56. The fourth-order valence-electron chi connectivity index (χ4n) is 4.63. The number of hydrogen-bond donors (Lipinski definition) is 0. The van der Waals surface area contributed by atoms with Gasteiger partial charge in [-0.15, -0.1) is 0 Å². The summed E-state index contributed by atoms with van der Waals surface area (Å²) in [6, 6.07) is 15.6. The fourth-order valence-corrected chi connectivity index (χ4v) is 4.63. The summed E-state index contributed by atoms with van der Waals surface area (Å²) >= 11 is 0. The van der Waals surface area contributed by atoms with Gasteiger partial charge in [0.2, 0.25) is 0 Å². The lowest BCUT2D eigenvalue weighted by molar-refractivity contribution is -0.0498. The largest absolute Gasteiger partial charge is 0.435 e. The number of ether oxygens (including phenoxy) is 1. The zero-order valence-electron chi connectivity index (χ0n) is 14.5. The van der Waals surface area contributed by atoms with Crippen molar-refractivity contribution in [1.82, 2.24) is 0 Å². The van der Waals surface area contributed by atoms with Crippen molar-refractivity contribution in [2.45, 2.75) is 45.1 Å². The maximum absolute atomic E-state index is 12.2. The molecule has 0 aromatic heterocycles. The molecule has 2 aromatic carbocycles. The summed E-state index contributed by atoms with van der Waals surface area (Å²) in [7, 11) is 0. The van der Waals surface area contributed by atoms with Crippen molar-refractivity contribution in [1.29, 1.82) is 0 Å².